The van der Waals surface area contributed by atoms with E-state index in [0.29, 0.717) is 0 Å². The summed E-state index contributed by atoms with van der Waals surface area (Å²) in [6.07, 6.45) is 0.717. The molecule has 2 aromatic rings. The molecule has 1 aromatic heterocycles. The summed E-state index contributed by atoms with van der Waals surface area (Å²) in [7, 11) is 0. The zero-order valence-corrected chi connectivity index (χ0v) is 12.3. The topological polar surface area (TPSA) is 38.0 Å². The molecule has 0 amide bonds. The molecule has 0 spiro atoms. The Hall–Kier alpha value is -0.750. The maximum Gasteiger partial charge on any atom is 0.124 e. The molecule has 1 aromatic carbocycles. The summed E-state index contributed by atoms with van der Waals surface area (Å²) in [5.41, 5.74) is 6.28. The number of nitrogens with one attached hydrogen (secondary N) is 1. The number of nitrogens with two attached hydrogens (primary N) is 1. The molecule has 2 nitrogen and oxygen atoms in total. The number of hydrogen-bond acceptors (Lipinski definition) is 3. The van der Waals surface area contributed by atoms with E-state index in [-0.39, 0.29) is 11.9 Å². The van der Waals surface area contributed by atoms with Crippen molar-refractivity contribution in [1.29, 1.82) is 0 Å². The summed E-state index contributed by atoms with van der Waals surface area (Å²) < 4.78 is 13.8. The fourth-order valence-electron chi connectivity index (χ4n) is 1.89. The van der Waals surface area contributed by atoms with E-state index in [1.807, 2.05) is 0 Å². The number of rotatable bonds is 4. The molecule has 0 bridgehead atoms. The highest BCUT2D eigenvalue weighted by molar-refractivity contribution is 9.10. The van der Waals surface area contributed by atoms with E-state index in [1.165, 1.54) is 23.3 Å². The van der Waals surface area contributed by atoms with Crippen molar-refractivity contribution in [3.63, 3.8) is 0 Å². The molecule has 0 saturated heterocycles. The Balaban J connectivity index is 2.23. The predicted molar refractivity (Wildman–Crippen MR) is 76.9 cm³/mol. The van der Waals surface area contributed by atoms with Gasteiger partial charge in [-0.1, -0.05) is 22.0 Å². The van der Waals surface area contributed by atoms with E-state index >= 15 is 0 Å². The first-order valence-electron chi connectivity index (χ1n) is 5.54. The second-order valence-corrected chi connectivity index (χ2v) is 5.77. The predicted octanol–water partition coefficient (Wildman–Crippen LogP) is 3.71. The fourth-order valence-corrected chi connectivity index (χ4v) is 3.31. The molecule has 0 aliphatic heterocycles. The number of hydrogen-bond donors (Lipinski definition) is 2. The van der Waals surface area contributed by atoms with Crippen LogP contribution >= 0.6 is 27.3 Å². The minimum absolute atomic E-state index is 0.0398. The molecule has 5 heteroatoms. The van der Waals surface area contributed by atoms with Crippen molar-refractivity contribution in [3.05, 3.63) is 55.9 Å². The number of thiophene rings is 1. The number of benzene rings is 1. The normalized spacial score (nSPS) is 12.7. The lowest BCUT2D eigenvalue weighted by Crippen LogP contribution is -2.29. The molecule has 0 aliphatic carbocycles. The van der Waals surface area contributed by atoms with Crippen LogP contribution in [0.1, 0.15) is 22.7 Å². The molecule has 1 unspecified atom stereocenters. The SMILES string of the molecule is Cc1cscc1C(Cc1ccc(F)cc1Br)NN. The second-order valence-electron chi connectivity index (χ2n) is 4.17. The van der Waals surface area contributed by atoms with Crippen molar-refractivity contribution in [3.8, 4) is 0 Å². The van der Waals surface area contributed by atoms with Gasteiger partial charge in [-0.05, 0) is 52.9 Å². The van der Waals surface area contributed by atoms with Crippen LogP contribution in [-0.2, 0) is 6.42 Å². The van der Waals surface area contributed by atoms with Crippen LogP contribution in [0, 0.1) is 12.7 Å². The van der Waals surface area contributed by atoms with Gasteiger partial charge in [0.25, 0.3) is 0 Å². The van der Waals surface area contributed by atoms with Gasteiger partial charge < -0.3 is 0 Å². The molecular formula is C13H14BrFN2S. The van der Waals surface area contributed by atoms with Crippen LogP contribution in [0.4, 0.5) is 4.39 Å². The summed E-state index contributed by atoms with van der Waals surface area (Å²) in [6, 6.07) is 4.77. The van der Waals surface area contributed by atoms with Crippen LogP contribution in [0.15, 0.2) is 33.4 Å². The lowest BCUT2D eigenvalue weighted by Gasteiger charge is -2.17. The smallest absolute Gasteiger partial charge is 0.124 e. The van der Waals surface area contributed by atoms with Gasteiger partial charge in [-0.3, -0.25) is 11.3 Å². The van der Waals surface area contributed by atoms with Gasteiger partial charge in [0.1, 0.15) is 5.82 Å². The van der Waals surface area contributed by atoms with E-state index in [9.17, 15) is 4.39 Å². The van der Waals surface area contributed by atoms with Crippen LogP contribution in [0.25, 0.3) is 0 Å². The zero-order valence-electron chi connectivity index (χ0n) is 9.91. The van der Waals surface area contributed by atoms with Gasteiger partial charge in [0.15, 0.2) is 0 Å². The standard InChI is InChI=1S/C13H14BrFN2S/c1-8-6-18-7-11(8)13(17-16)4-9-2-3-10(15)5-12(9)14/h2-3,5-7,13,17H,4,16H2,1H3. The molecule has 1 heterocycles. The van der Waals surface area contributed by atoms with Crippen LogP contribution in [0.2, 0.25) is 0 Å². The second kappa shape index (κ2) is 5.93. The minimum Gasteiger partial charge on any atom is -0.271 e. The summed E-state index contributed by atoms with van der Waals surface area (Å²) in [4.78, 5) is 0. The van der Waals surface area contributed by atoms with Gasteiger partial charge in [0.2, 0.25) is 0 Å². The van der Waals surface area contributed by atoms with E-state index in [2.05, 4.69) is 39.0 Å². The van der Waals surface area contributed by atoms with Gasteiger partial charge in [0, 0.05) is 4.47 Å². The molecular weight excluding hydrogens is 315 g/mol. The Morgan fingerprint density at radius 1 is 1.44 bits per heavy atom. The zero-order chi connectivity index (χ0) is 13.1. The van der Waals surface area contributed by atoms with E-state index in [0.717, 1.165) is 16.5 Å². The lowest BCUT2D eigenvalue weighted by molar-refractivity contribution is 0.549. The highest BCUT2D eigenvalue weighted by atomic mass is 79.9. The fraction of sp³-hybridized carbons (Fsp3) is 0.231. The Morgan fingerprint density at radius 2 is 2.22 bits per heavy atom. The van der Waals surface area contributed by atoms with Crippen molar-refractivity contribution in [2.24, 2.45) is 5.84 Å². The average Bonchev–Trinajstić information content (AvgIpc) is 2.75. The number of hydrazine groups is 1. The summed E-state index contributed by atoms with van der Waals surface area (Å²) in [5, 5.41) is 4.19. The molecule has 18 heavy (non-hydrogen) atoms. The largest absolute Gasteiger partial charge is 0.271 e. The third-order valence-electron chi connectivity index (χ3n) is 2.91. The lowest BCUT2D eigenvalue weighted by atomic mass is 9.99. The quantitative estimate of drug-likeness (QED) is 0.663. The molecule has 1 atom stereocenters. The van der Waals surface area contributed by atoms with Crippen LogP contribution in [0.3, 0.4) is 0 Å². The van der Waals surface area contributed by atoms with Crippen LogP contribution < -0.4 is 11.3 Å². The van der Waals surface area contributed by atoms with Gasteiger partial charge in [-0.15, -0.1) is 0 Å². The van der Waals surface area contributed by atoms with Crippen LogP contribution in [-0.4, -0.2) is 0 Å². The average molecular weight is 329 g/mol. The minimum atomic E-state index is -0.241. The molecule has 2 rings (SSSR count). The summed E-state index contributed by atoms with van der Waals surface area (Å²) in [6.45, 7) is 2.07. The van der Waals surface area contributed by atoms with E-state index in [4.69, 9.17) is 5.84 Å². The van der Waals surface area contributed by atoms with Gasteiger partial charge >= 0.3 is 0 Å². The third-order valence-corrected chi connectivity index (χ3v) is 4.53. The van der Waals surface area contributed by atoms with Crippen molar-refractivity contribution in [1.82, 2.24) is 5.43 Å². The van der Waals surface area contributed by atoms with E-state index < -0.39 is 0 Å². The highest BCUT2D eigenvalue weighted by Gasteiger charge is 2.15. The van der Waals surface area contributed by atoms with Crippen molar-refractivity contribution in [2.45, 2.75) is 19.4 Å². The summed E-state index contributed by atoms with van der Waals surface area (Å²) >= 11 is 5.04. The van der Waals surface area contributed by atoms with Gasteiger partial charge in [0.05, 0.1) is 6.04 Å². The van der Waals surface area contributed by atoms with Crippen LogP contribution in [0.5, 0.6) is 0 Å². The van der Waals surface area contributed by atoms with Gasteiger partial charge in [-0.2, -0.15) is 11.3 Å². The first-order chi connectivity index (χ1) is 8.61. The monoisotopic (exact) mass is 328 g/mol. The Morgan fingerprint density at radius 3 is 2.78 bits per heavy atom. The van der Waals surface area contributed by atoms with E-state index in [1.54, 1.807) is 17.4 Å². The molecule has 0 aliphatic rings. The van der Waals surface area contributed by atoms with Crippen molar-refractivity contribution in [2.75, 3.05) is 0 Å². The third kappa shape index (κ3) is 2.98. The molecule has 0 saturated carbocycles. The number of aryl methyl sites for hydroxylation is 1. The first-order valence-corrected chi connectivity index (χ1v) is 7.28. The Labute approximate surface area is 118 Å². The maximum absolute atomic E-state index is 13.0. The highest BCUT2D eigenvalue weighted by Crippen LogP contribution is 2.27. The number of halogens is 2. The summed E-state index contributed by atoms with van der Waals surface area (Å²) in [5.74, 6) is 5.38. The Kier molecular flexibility index (Phi) is 4.50. The first kappa shape index (κ1) is 13.7. The molecule has 0 radical (unpaired) electrons. The van der Waals surface area contributed by atoms with Crippen molar-refractivity contribution < 1.29 is 4.39 Å². The molecule has 0 fully saturated rings. The van der Waals surface area contributed by atoms with Crippen molar-refractivity contribution >= 4 is 27.3 Å². The maximum atomic E-state index is 13.0. The Bertz CT molecular complexity index is 542. The van der Waals surface area contributed by atoms with Gasteiger partial charge in [-0.25, -0.2) is 4.39 Å². The molecule has 96 valence electrons. The molecule has 3 N–H and O–H groups in total.